The summed E-state index contributed by atoms with van der Waals surface area (Å²) in [5.74, 6) is -2.86. The van der Waals surface area contributed by atoms with Crippen molar-refractivity contribution < 1.29 is 67.9 Å². The molecule has 1 aromatic heterocycles. The number of rotatable bonds is 16. The molecule has 19 nitrogen and oxygen atoms in total. The highest BCUT2D eigenvalue weighted by molar-refractivity contribution is 5.73. The first kappa shape index (κ1) is 63.1. The van der Waals surface area contributed by atoms with Crippen LogP contribution in [0.2, 0.25) is 0 Å². The van der Waals surface area contributed by atoms with E-state index in [1.807, 2.05) is 49.9 Å². The zero-order chi connectivity index (χ0) is 56.9. The Morgan fingerprint density at radius 3 is 2.26 bits per heavy atom. The van der Waals surface area contributed by atoms with Gasteiger partial charge in [-0.15, -0.1) is 5.10 Å². The van der Waals surface area contributed by atoms with Crippen LogP contribution in [0.5, 0.6) is 0 Å². The predicted molar refractivity (Wildman–Crippen MR) is 288 cm³/mol. The van der Waals surface area contributed by atoms with Crippen LogP contribution in [0.3, 0.4) is 0 Å². The molecule has 2 aromatic rings. The second kappa shape index (κ2) is 26.7. The van der Waals surface area contributed by atoms with Gasteiger partial charge in [0.05, 0.1) is 47.2 Å². The minimum Gasteiger partial charge on any atom is -0.459 e. The number of carbonyl (C=O) groups excluding carboxylic acids is 1. The van der Waals surface area contributed by atoms with Crippen LogP contribution < -0.4 is 0 Å². The molecule has 0 radical (unpaired) electrons. The van der Waals surface area contributed by atoms with Gasteiger partial charge < -0.3 is 73.4 Å². The monoisotopic (exact) mass is 1090 g/mol. The molecule has 0 bridgehead atoms. The summed E-state index contributed by atoms with van der Waals surface area (Å²) in [6.45, 7) is 19.5. The number of hydrogen-bond acceptors (Lipinski definition) is 18. The number of likely N-dealkylation sites (N-methyl/N-ethyl adjacent to an activating group) is 3. The van der Waals surface area contributed by atoms with Gasteiger partial charge in [-0.2, -0.15) is 0 Å². The van der Waals surface area contributed by atoms with Crippen LogP contribution in [0.25, 0.3) is 5.57 Å². The van der Waals surface area contributed by atoms with Crippen LogP contribution in [-0.2, 0) is 44.4 Å². The lowest BCUT2D eigenvalue weighted by Gasteiger charge is -2.49. The Kier molecular flexibility index (Phi) is 21.9. The summed E-state index contributed by atoms with van der Waals surface area (Å²) >= 11 is 0. The Morgan fingerprint density at radius 2 is 1.65 bits per heavy atom. The zero-order valence-corrected chi connectivity index (χ0v) is 48.6. The number of halogens is 1. The van der Waals surface area contributed by atoms with Crippen molar-refractivity contribution in [2.45, 2.75) is 210 Å². The normalized spacial score (nSPS) is 39.6. The van der Waals surface area contributed by atoms with E-state index in [-0.39, 0.29) is 25.2 Å². The molecule has 0 aliphatic carbocycles. The predicted octanol–water partition coefficient (Wildman–Crippen LogP) is 4.72. The van der Waals surface area contributed by atoms with E-state index in [9.17, 15) is 34.7 Å². The number of ether oxygens (including phenoxy) is 7. The fraction of sp³-hybridized carbons (Fsp3) is 0.807. The van der Waals surface area contributed by atoms with Crippen LogP contribution in [0.15, 0.2) is 36.5 Å². The van der Waals surface area contributed by atoms with Crippen molar-refractivity contribution in [3.8, 4) is 0 Å². The maximum absolute atomic E-state index is 15.0. The number of esters is 1. The molecule has 5 N–H and O–H groups in total. The minimum atomic E-state index is -1.85. The summed E-state index contributed by atoms with van der Waals surface area (Å²) in [4.78, 5) is 20.7. The van der Waals surface area contributed by atoms with E-state index in [0.29, 0.717) is 31.6 Å². The maximum atomic E-state index is 15.0. The van der Waals surface area contributed by atoms with E-state index in [4.69, 9.17) is 33.2 Å². The summed E-state index contributed by atoms with van der Waals surface area (Å²) < 4.78 is 60.8. The van der Waals surface area contributed by atoms with Gasteiger partial charge in [0.25, 0.3) is 0 Å². The lowest BCUT2D eigenvalue weighted by molar-refractivity contribution is -0.318. The molecule has 1 aromatic carbocycles. The smallest absolute Gasteiger partial charge is 0.311 e. The van der Waals surface area contributed by atoms with Crippen molar-refractivity contribution in [3.05, 3.63) is 53.4 Å². The lowest BCUT2D eigenvalue weighted by Crippen LogP contribution is -2.61. The molecule has 4 aliphatic heterocycles. The molecular weight excluding hydrogens is 996 g/mol. The summed E-state index contributed by atoms with van der Waals surface area (Å²) in [5.41, 5.74) is -0.688. The van der Waals surface area contributed by atoms with Crippen LogP contribution >= 0.6 is 0 Å². The fourth-order valence-electron chi connectivity index (χ4n) is 12.4. The number of aliphatic hydroxyl groups excluding tert-OH is 3. The molecule has 20 heteroatoms. The van der Waals surface area contributed by atoms with Crippen molar-refractivity contribution in [2.75, 3.05) is 68.2 Å². The van der Waals surface area contributed by atoms with Crippen molar-refractivity contribution in [1.29, 1.82) is 0 Å². The molecule has 4 aliphatic rings. The van der Waals surface area contributed by atoms with Crippen molar-refractivity contribution >= 4 is 11.5 Å². The van der Waals surface area contributed by atoms with Gasteiger partial charge in [0, 0.05) is 77.4 Å². The Hall–Kier alpha value is -3.06. The Labute approximate surface area is 457 Å². The summed E-state index contributed by atoms with van der Waals surface area (Å²) in [5, 5.41) is 68.7. The summed E-state index contributed by atoms with van der Waals surface area (Å²) in [6, 6.07) is 6.27. The number of nitrogens with zero attached hydrogens (tertiary/aromatic N) is 6. The molecule has 5 heterocycles. The molecule has 3 saturated heterocycles. The molecule has 0 amide bonds. The molecular formula is C57H95FN6O13. The molecule has 0 spiro atoms. The van der Waals surface area contributed by atoms with Crippen molar-refractivity contribution in [3.63, 3.8) is 0 Å². The maximum Gasteiger partial charge on any atom is 0.311 e. The zero-order valence-electron chi connectivity index (χ0n) is 48.6. The van der Waals surface area contributed by atoms with E-state index in [2.05, 4.69) is 40.5 Å². The van der Waals surface area contributed by atoms with Crippen LogP contribution in [-0.4, -0.2) is 220 Å². The van der Waals surface area contributed by atoms with E-state index < -0.39 is 127 Å². The summed E-state index contributed by atoms with van der Waals surface area (Å²) in [6.07, 6.45) is -4.65. The van der Waals surface area contributed by atoms with Gasteiger partial charge in [-0.3, -0.25) is 4.79 Å². The molecule has 0 unspecified atom stereocenters. The highest BCUT2D eigenvalue weighted by Crippen LogP contribution is 2.41. The van der Waals surface area contributed by atoms with Gasteiger partial charge in [0.15, 0.2) is 12.6 Å². The largest absolute Gasteiger partial charge is 0.459 e. The van der Waals surface area contributed by atoms with Crippen LogP contribution in [0, 0.1) is 17.8 Å². The third-order valence-electron chi connectivity index (χ3n) is 17.5. The van der Waals surface area contributed by atoms with E-state index >= 15 is 0 Å². The highest BCUT2D eigenvalue weighted by atomic mass is 19.1. The minimum absolute atomic E-state index is 0.0871. The van der Waals surface area contributed by atoms with Crippen LogP contribution in [0.1, 0.15) is 130 Å². The second-order valence-electron chi connectivity index (χ2n) is 23.9. The van der Waals surface area contributed by atoms with Gasteiger partial charge in [0.2, 0.25) is 0 Å². The van der Waals surface area contributed by atoms with Crippen molar-refractivity contribution in [1.82, 2.24) is 29.7 Å². The van der Waals surface area contributed by atoms with Crippen molar-refractivity contribution in [2.24, 2.45) is 17.8 Å². The van der Waals surface area contributed by atoms with E-state index in [0.717, 1.165) is 30.6 Å². The fourth-order valence-corrected chi connectivity index (χ4v) is 12.4. The first-order valence-corrected chi connectivity index (χ1v) is 27.9. The quantitative estimate of drug-likeness (QED) is 0.144. The number of alkyl halides is 1. The van der Waals surface area contributed by atoms with Gasteiger partial charge in [-0.05, 0) is 118 Å². The van der Waals surface area contributed by atoms with Crippen LogP contribution in [0.4, 0.5) is 4.39 Å². The Morgan fingerprint density at radius 1 is 0.961 bits per heavy atom. The first-order valence-electron chi connectivity index (χ1n) is 27.9. The van der Waals surface area contributed by atoms with Gasteiger partial charge in [0.1, 0.15) is 48.8 Å². The lowest BCUT2D eigenvalue weighted by atomic mass is 9.77. The van der Waals surface area contributed by atoms with Gasteiger partial charge >= 0.3 is 5.97 Å². The topological polar surface area (TPSA) is 223 Å². The molecule has 6 rings (SSSR count). The van der Waals surface area contributed by atoms with Gasteiger partial charge in [-0.1, -0.05) is 56.3 Å². The third-order valence-corrected chi connectivity index (χ3v) is 17.5. The third kappa shape index (κ3) is 14.7. The Balaban J connectivity index is 1.24. The highest BCUT2D eigenvalue weighted by Gasteiger charge is 2.53. The average molecular weight is 1090 g/mol. The second-order valence-corrected chi connectivity index (χ2v) is 23.9. The van der Waals surface area contributed by atoms with E-state index in [1.54, 1.807) is 61.8 Å². The Bertz CT molecular complexity index is 2200. The molecule has 20 atom stereocenters. The molecule has 0 saturated carbocycles. The van der Waals surface area contributed by atoms with Gasteiger partial charge in [-0.25, -0.2) is 9.07 Å². The number of benzene rings is 1. The number of methoxy groups -OCH3 is 2. The number of hydrogen-bond donors (Lipinski definition) is 5. The number of carbonyl (C=O) groups is 1. The average Bonchev–Trinajstić information content (AvgIpc) is 3.87. The summed E-state index contributed by atoms with van der Waals surface area (Å²) in [7, 11) is 8.90. The first-order chi connectivity index (χ1) is 36.2. The SMILES string of the molecule is CC[C@H]1OC(=O)[C@H](C)[C@@H](O[C@H]2C[C@@](C)(OC)[C@@H](O)[C@H](C)O2)[C@H](C)[C@@H](O[C@@H]2O[C@H](C)C[C@H](N(C)CCc3cn([C@@H](CF)[C@H](OC)c4ccc(C5=CCN(C)CC5)cc4)nn3)[C@H]2O)[C@](C)(O)C[C@@H](C)CN(C)[C@H](C)[C@@H](O)[C@]1(C)O. The standard InChI is InChI=1S/C57H95FN6O13/c1-16-45-57(10,70)50(66)37(6)63(13)31-33(2)28-55(8,69)52(35(4)48(36(5)53(68)75-45)76-46-29-56(9,72-15)51(67)38(7)74-46)77-54-47(65)43(27-34(3)73-54)62(12)26-23-42-32-64(60-59-42)44(30-58)49(71-14)41-19-17-39(18-20-41)40-21-24-61(11)25-22-40/h17-21,32-38,43-52,54,65-67,69-70H,16,22-31H2,1-15H3/t33-,34-,35+,36-,37-,38+,43+,44+,45-,46+,47-,48+,49-,50-,51+,52-,54+,55-,56-,57-/m1/s1. The number of aliphatic hydroxyl groups is 5. The number of cyclic esters (lactones) is 1. The number of aromatic nitrogens is 3. The molecule has 77 heavy (non-hydrogen) atoms. The van der Waals surface area contributed by atoms with E-state index in [1.165, 1.54) is 24.3 Å². The molecule has 3 fully saturated rings. The molecule has 438 valence electrons.